The molecular formula is C7H4BrClFNO4S. The van der Waals surface area contributed by atoms with Crippen LogP contribution < -0.4 is 9.46 Å². The van der Waals surface area contributed by atoms with Crippen molar-refractivity contribution in [1.29, 1.82) is 0 Å². The molecule has 1 aromatic carbocycles. The minimum absolute atomic E-state index is 0.162. The van der Waals surface area contributed by atoms with Gasteiger partial charge in [0.1, 0.15) is 11.6 Å². The van der Waals surface area contributed by atoms with Crippen LogP contribution in [0, 0.1) is 5.82 Å². The number of halogens is 3. The van der Waals surface area contributed by atoms with Gasteiger partial charge in [-0.3, -0.25) is 0 Å². The van der Waals surface area contributed by atoms with Crippen molar-refractivity contribution in [2.45, 2.75) is 0 Å². The fourth-order valence-electron chi connectivity index (χ4n) is 0.815. The summed E-state index contributed by atoms with van der Waals surface area (Å²) in [5.74, 6) is -0.810. The van der Waals surface area contributed by atoms with E-state index in [0.29, 0.717) is 4.47 Å². The highest BCUT2D eigenvalue weighted by Gasteiger charge is 2.13. The molecule has 0 heterocycles. The first-order chi connectivity index (χ1) is 7.26. The summed E-state index contributed by atoms with van der Waals surface area (Å²) in [6, 6.07) is 3.33. The first kappa shape index (κ1) is 13.2. The normalized spacial score (nSPS) is 10.9. The third kappa shape index (κ3) is 4.77. The van der Waals surface area contributed by atoms with Crippen molar-refractivity contribution >= 4 is 41.9 Å². The van der Waals surface area contributed by atoms with Crippen LogP contribution in [-0.4, -0.2) is 14.5 Å². The van der Waals surface area contributed by atoms with Gasteiger partial charge in [0.25, 0.3) is 0 Å². The van der Waals surface area contributed by atoms with Gasteiger partial charge in [-0.2, -0.15) is 8.42 Å². The predicted molar refractivity (Wildman–Crippen MR) is 58.0 cm³/mol. The Balaban J connectivity index is 2.77. The smallest absolute Gasteiger partial charge is 0.409 e. The number of amides is 1. The molecule has 0 radical (unpaired) electrons. The van der Waals surface area contributed by atoms with Crippen molar-refractivity contribution in [3.05, 3.63) is 28.5 Å². The van der Waals surface area contributed by atoms with Crippen molar-refractivity contribution in [2.75, 3.05) is 0 Å². The number of carbonyl (C=O) groups is 1. The average molecular weight is 333 g/mol. The van der Waals surface area contributed by atoms with Crippen LogP contribution in [0.1, 0.15) is 0 Å². The summed E-state index contributed by atoms with van der Waals surface area (Å²) in [6.45, 7) is 0. The summed E-state index contributed by atoms with van der Waals surface area (Å²) >= 11 is 2.97. The second-order valence-corrected chi connectivity index (χ2v) is 5.75. The van der Waals surface area contributed by atoms with Gasteiger partial charge >= 0.3 is 15.3 Å². The third-order valence-corrected chi connectivity index (χ3v) is 2.35. The maximum Gasteiger partial charge on any atom is 0.427 e. The number of hydrogen-bond acceptors (Lipinski definition) is 4. The van der Waals surface area contributed by atoms with Crippen LogP contribution >= 0.6 is 26.6 Å². The molecule has 0 saturated carbocycles. The SMILES string of the molecule is O=C(NS(=O)(=O)Cl)Oc1cc(F)cc(Br)c1. The fourth-order valence-corrected chi connectivity index (χ4v) is 1.69. The maximum atomic E-state index is 12.8. The van der Waals surface area contributed by atoms with E-state index in [2.05, 4.69) is 20.7 Å². The molecule has 5 nitrogen and oxygen atoms in total. The van der Waals surface area contributed by atoms with Gasteiger partial charge in [-0.05, 0) is 12.1 Å². The number of hydrogen-bond donors (Lipinski definition) is 1. The van der Waals surface area contributed by atoms with E-state index in [1.807, 2.05) is 0 Å². The molecule has 1 N–H and O–H groups in total. The Kier molecular flexibility index (Phi) is 4.11. The van der Waals surface area contributed by atoms with Gasteiger partial charge in [-0.15, -0.1) is 0 Å². The lowest BCUT2D eigenvalue weighted by molar-refractivity contribution is 0.207. The van der Waals surface area contributed by atoms with Crippen LogP contribution in [0.5, 0.6) is 5.75 Å². The molecule has 0 aliphatic rings. The number of benzene rings is 1. The molecule has 9 heteroatoms. The zero-order chi connectivity index (χ0) is 12.3. The zero-order valence-electron chi connectivity index (χ0n) is 7.41. The molecule has 0 bridgehead atoms. The highest BCUT2D eigenvalue weighted by molar-refractivity contribution is 9.10. The summed E-state index contributed by atoms with van der Waals surface area (Å²) in [4.78, 5) is 10.9. The van der Waals surface area contributed by atoms with Crippen LogP contribution in [-0.2, 0) is 9.24 Å². The molecule has 16 heavy (non-hydrogen) atoms. The molecule has 0 fully saturated rings. The topological polar surface area (TPSA) is 72.5 Å². The Labute approximate surface area is 103 Å². The van der Waals surface area contributed by atoms with Crippen molar-refractivity contribution in [3.8, 4) is 5.75 Å². The molecule has 1 rings (SSSR count). The average Bonchev–Trinajstić information content (AvgIpc) is 1.96. The molecule has 0 aliphatic heterocycles. The van der Waals surface area contributed by atoms with Gasteiger partial charge in [0.15, 0.2) is 0 Å². The van der Waals surface area contributed by atoms with E-state index in [4.69, 9.17) is 10.7 Å². The minimum atomic E-state index is -4.22. The van der Waals surface area contributed by atoms with Gasteiger partial charge in [-0.25, -0.2) is 13.9 Å². The highest BCUT2D eigenvalue weighted by atomic mass is 79.9. The Bertz CT molecular complexity index is 501. The van der Waals surface area contributed by atoms with Crippen LogP contribution in [0.2, 0.25) is 0 Å². The molecule has 1 amide bonds. The number of ether oxygens (including phenoxy) is 1. The van der Waals surface area contributed by atoms with E-state index in [0.717, 1.165) is 12.1 Å². The van der Waals surface area contributed by atoms with Crippen molar-refractivity contribution in [3.63, 3.8) is 0 Å². The summed E-state index contributed by atoms with van der Waals surface area (Å²) in [6.07, 6.45) is -1.33. The van der Waals surface area contributed by atoms with E-state index in [1.165, 1.54) is 10.8 Å². The zero-order valence-corrected chi connectivity index (χ0v) is 10.6. The molecule has 1 aromatic rings. The Morgan fingerprint density at radius 3 is 2.56 bits per heavy atom. The molecular weight excluding hydrogens is 329 g/mol. The van der Waals surface area contributed by atoms with E-state index in [1.54, 1.807) is 0 Å². The first-order valence-electron chi connectivity index (χ1n) is 3.66. The van der Waals surface area contributed by atoms with Gasteiger partial charge in [-0.1, -0.05) is 15.9 Å². The number of carbonyl (C=O) groups excluding carboxylic acids is 1. The highest BCUT2D eigenvalue weighted by Crippen LogP contribution is 2.20. The molecule has 0 aromatic heterocycles. The van der Waals surface area contributed by atoms with E-state index >= 15 is 0 Å². The lowest BCUT2D eigenvalue weighted by Gasteiger charge is -2.04. The Morgan fingerprint density at radius 1 is 1.44 bits per heavy atom. The summed E-state index contributed by atoms with van der Waals surface area (Å²) in [5, 5.41) is 0. The monoisotopic (exact) mass is 331 g/mol. The third-order valence-electron chi connectivity index (χ3n) is 1.25. The van der Waals surface area contributed by atoms with Gasteiger partial charge in [0.05, 0.1) is 0 Å². The van der Waals surface area contributed by atoms with Gasteiger partial charge in [0, 0.05) is 21.2 Å². The largest absolute Gasteiger partial charge is 0.427 e. The van der Waals surface area contributed by atoms with E-state index in [9.17, 15) is 17.6 Å². The Morgan fingerprint density at radius 2 is 2.06 bits per heavy atom. The lowest BCUT2D eigenvalue weighted by atomic mass is 10.3. The second-order valence-electron chi connectivity index (χ2n) is 2.53. The second kappa shape index (κ2) is 4.98. The molecule has 88 valence electrons. The van der Waals surface area contributed by atoms with Crippen LogP contribution in [0.3, 0.4) is 0 Å². The van der Waals surface area contributed by atoms with E-state index < -0.39 is 21.1 Å². The lowest BCUT2D eigenvalue weighted by Crippen LogP contribution is -2.29. The minimum Gasteiger partial charge on any atom is -0.409 e. The predicted octanol–water partition coefficient (Wildman–Crippen LogP) is 2.16. The van der Waals surface area contributed by atoms with Gasteiger partial charge in [0.2, 0.25) is 0 Å². The summed E-state index contributed by atoms with van der Waals surface area (Å²) in [5.41, 5.74) is 0. The van der Waals surface area contributed by atoms with Crippen molar-refractivity contribution in [2.24, 2.45) is 0 Å². The molecule has 0 spiro atoms. The number of nitrogens with one attached hydrogen (secondary N) is 1. The molecule has 0 aliphatic carbocycles. The number of rotatable bonds is 2. The van der Waals surface area contributed by atoms with Crippen LogP contribution in [0.15, 0.2) is 22.7 Å². The van der Waals surface area contributed by atoms with Crippen molar-refractivity contribution < 1.29 is 22.3 Å². The molecule has 0 atom stereocenters. The standard InChI is InChI=1S/C7H4BrClFNO4S/c8-4-1-5(10)3-6(2-4)15-7(12)11-16(9,13)14/h1-3H,(H,11,12). The fraction of sp³-hybridized carbons (Fsp3) is 0. The molecule has 0 saturated heterocycles. The molecule has 0 unspecified atom stereocenters. The maximum absolute atomic E-state index is 12.8. The summed E-state index contributed by atoms with van der Waals surface area (Å²) < 4.78 is 39.9. The van der Waals surface area contributed by atoms with E-state index in [-0.39, 0.29) is 5.75 Å². The summed E-state index contributed by atoms with van der Waals surface area (Å²) in [7, 11) is 0.512. The quantitative estimate of drug-likeness (QED) is 0.842. The van der Waals surface area contributed by atoms with Crippen LogP contribution in [0.25, 0.3) is 0 Å². The van der Waals surface area contributed by atoms with Crippen LogP contribution in [0.4, 0.5) is 9.18 Å². The Hall–Kier alpha value is -0.860. The van der Waals surface area contributed by atoms with Crippen molar-refractivity contribution in [1.82, 2.24) is 4.72 Å². The van der Waals surface area contributed by atoms with Gasteiger partial charge < -0.3 is 4.74 Å². The first-order valence-corrected chi connectivity index (χ1v) is 6.77.